The highest BCUT2D eigenvalue weighted by atomic mass is 16.1. The average Bonchev–Trinajstić information content (AvgIpc) is 2.04. The van der Waals surface area contributed by atoms with Crippen LogP contribution in [-0.4, -0.2) is 31.3 Å². The van der Waals surface area contributed by atoms with Gasteiger partial charge in [0.1, 0.15) is 6.29 Å². The number of allylic oxidation sites excluding steroid dienone is 1. The van der Waals surface area contributed by atoms with E-state index in [1.807, 2.05) is 0 Å². The molecule has 1 heterocycles. The molecule has 2 heteroatoms. The third-order valence-corrected chi connectivity index (χ3v) is 1.96. The van der Waals surface area contributed by atoms with E-state index < -0.39 is 0 Å². The van der Waals surface area contributed by atoms with Gasteiger partial charge >= 0.3 is 0 Å². The van der Waals surface area contributed by atoms with Gasteiger partial charge in [-0.15, -0.1) is 0 Å². The lowest BCUT2D eigenvalue weighted by Crippen LogP contribution is -2.30. The molecule has 0 aromatic carbocycles. The summed E-state index contributed by atoms with van der Waals surface area (Å²) in [7, 11) is 2.20. The lowest BCUT2D eigenvalue weighted by Gasteiger charge is -2.26. The highest BCUT2D eigenvalue weighted by Crippen LogP contribution is 2.12. The minimum absolute atomic E-state index is 0.639. The van der Waals surface area contributed by atoms with E-state index in [9.17, 15) is 0 Å². The Balaban J connectivity index is 0.000000261. The van der Waals surface area contributed by atoms with E-state index in [2.05, 4.69) is 25.5 Å². The molecule has 0 radical (unpaired) electrons. The molecule has 0 aromatic heterocycles. The largest absolute Gasteiger partial charge is 0.306 e. The number of likely N-dealkylation sites (tertiary alicyclic amines) is 1. The van der Waals surface area contributed by atoms with Gasteiger partial charge in [0.25, 0.3) is 0 Å². The molecule has 0 saturated carbocycles. The fourth-order valence-electron chi connectivity index (χ4n) is 1.42. The number of piperidine rings is 1. The Morgan fingerprint density at radius 1 is 1.58 bits per heavy atom. The summed E-state index contributed by atoms with van der Waals surface area (Å²) in [6.45, 7) is 8.06. The molecule has 0 amide bonds. The molecule has 1 saturated heterocycles. The molecule has 0 N–H and O–H groups in total. The molecule has 70 valence electrons. The van der Waals surface area contributed by atoms with Crippen LogP contribution in [0.1, 0.15) is 19.8 Å². The topological polar surface area (TPSA) is 20.3 Å². The highest BCUT2D eigenvalue weighted by molar-refractivity contribution is 5.63. The molecule has 1 atom stereocenters. The molecule has 12 heavy (non-hydrogen) atoms. The monoisotopic (exact) mass is 169 g/mol. The Morgan fingerprint density at radius 2 is 2.17 bits per heavy atom. The number of carbonyl (C=O) groups excluding carboxylic acids is 1. The Morgan fingerprint density at radius 3 is 2.42 bits per heavy atom. The average molecular weight is 169 g/mol. The van der Waals surface area contributed by atoms with E-state index in [4.69, 9.17) is 4.79 Å². The SMILES string of the molecule is C=CC=O.CC1CCCN(C)C1. The molecular formula is C10H19NO. The van der Waals surface area contributed by atoms with Gasteiger partial charge in [-0.3, -0.25) is 4.79 Å². The third kappa shape index (κ3) is 6.10. The molecule has 1 fully saturated rings. The van der Waals surface area contributed by atoms with Crippen LogP contribution in [0.5, 0.6) is 0 Å². The van der Waals surface area contributed by atoms with Gasteiger partial charge in [-0.25, -0.2) is 0 Å². The molecule has 1 rings (SSSR count). The molecule has 1 aliphatic rings. The minimum atomic E-state index is 0.639. The van der Waals surface area contributed by atoms with Crippen molar-refractivity contribution in [2.24, 2.45) is 5.92 Å². The Labute approximate surface area is 75.3 Å². The van der Waals surface area contributed by atoms with E-state index >= 15 is 0 Å². The van der Waals surface area contributed by atoms with Crippen molar-refractivity contribution >= 4 is 6.29 Å². The van der Waals surface area contributed by atoms with Crippen LogP contribution < -0.4 is 0 Å². The maximum atomic E-state index is 9.06. The molecular weight excluding hydrogens is 150 g/mol. The van der Waals surface area contributed by atoms with Gasteiger partial charge in [0, 0.05) is 6.54 Å². The molecule has 1 unspecified atom stereocenters. The van der Waals surface area contributed by atoms with Gasteiger partial charge in [0.2, 0.25) is 0 Å². The summed E-state index contributed by atoms with van der Waals surface area (Å²) in [5, 5.41) is 0. The molecule has 0 spiro atoms. The number of nitrogens with zero attached hydrogens (tertiary/aromatic N) is 1. The van der Waals surface area contributed by atoms with Gasteiger partial charge in [-0.1, -0.05) is 13.5 Å². The van der Waals surface area contributed by atoms with Crippen molar-refractivity contribution in [1.29, 1.82) is 0 Å². The Bertz CT molecular complexity index is 120. The first-order chi connectivity index (χ1) is 5.70. The molecule has 1 aliphatic heterocycles. The van der Waals surface area contributed by atoms with E-state index in [1.165, 1.54) is 32.0 Å². The fraction of sp³-hybridized carbons (Fsp3) is 0.700. The first-order valence-electron chi connectivity index (χ1n) is 4.45. The summed E-state index contributed by atoms with van der Waals surface area (Å²) >= 11 is 0. The second-order valence-corrected chi connectivity index (χ2v) is 3.38. The third-order valence-electron chi connectivity index (χ3n) is 1.96. The smallest absolute Gasteiger partial charge is 0.142 e. The molecule has 0 aromatic rings. The van der Waals surface area contributed by atoms with Crippen LogP contribution in [0.4, 0.5) is 0 Å². The zero-order valence-electron chi connectivity index (χ0n) is 8.12. The highest BCUT2D eigenvalue weighted by Gasteiger charge is 2.11. The van der Waals surface area contributed by atoms with Gasteiger partial charge in [-0.2, -0.15) is 0 Å². The molecule has 2 nitrogen and oxygen atoms in total. The quantitative estimate of drug-likeness (QED) is 0.440. The Hall–Kier alpha value is -0.630. The second-order valence-electron chi connectivity index (χ2n) is 3.38. The number of carbonyl (C=O) groups is 1. The van der Waals surface area contributed by atoms with Crippen LogP contribution in [0, 0.1) is 5.92 Å². The van der Waals surface area contributed by atoms with Crippen molar-refractivity contribution < 1.29 is 4.79 Å². The summed E-state index contributed by atoms with van der Waals surface area (Å²) in [6.07, 6.45) is 4.67. The summed E-state index contributed by atoms with van der Waals surface area (Å²) in [6, 6.07) is 0. The normalized spacial score (nSPS) is 23.7. The van der Waals surface area contributed by atoms with E-state index in [0.29, 0.717) is 6.29 Å². The van der Waals surface area contributed by atoms with Crippen molar-refractivity contribution in [2.75, 3.05) is 20.1 Å². The first kappa shape index (κ1) is 11.4. The van der Waals surface area contributed by atoms with E-state index in [-0.39, 0.29) is 0 Å². The van der Waals surface area contributed by atoms with Gasteiger partial charge in [-0.05, 0) is 38.4 Å². The predicted octanol–water partition coefficient (Wildman–Crippen LogP) is 1.72. The predicted molar refractivity (Wildman–Crippen MR) is 52.2 cm³/mol. The summed E-state index contributed by atoms with van der Waals surface area (Å²) in [4.78, 5) is 11.5. The summed E-state index contributed by atoms with van der Waals surface area (Å²) < 4.78 is 0. The molecule has 0 aliphatic carbocycles. The van der Waals surface area contributed by atoms with E-state index in [0.717, 1.165) is 5.92 Å². The van der Waals surface area contributed by atoms with Crippen LogP contribution in [-0.2, 0) is 4.79 Å². The van der Waals surface area contributed by atoms with Crippen LogP contribution >= 0.6 is 0 Å². The van der Waals surface area contributed by atoms with Crippen molar-refractivity contribution in [1.82, 2.24) is 4.90 Å². The fourth-order valence-corrected chi connectivity index (χ4v) is 1.42. The van der Waals surface area contributed by atoms with Crippen LogP contribution in [0.3, 0.4) is 0 Å². The standard InChI is InChI=1S/C7H15N.C3H4O/c1-7-4-3-5-8(2)6-7;1-2-3-4/h7H,3-6H2,1-2H3;2-3H,1H2. The Kier molecular flexibility index (Phi) is 6.67. The number of rotatable bonds is 1. The van der Waals surface area contributed by atoms with Crippen molar-refractivity contribution in [3.63, 3.8) is 0 Å². The molecule has 0 bridgehead atoms. The van der Waals surface area contributed by atoms with Crippen molar-refractivity contribution in [2.45, 2.75) is 19.8 Å². The van der Waals surface area contributed by atoms with Gasteiger partial charge in [0.05, 0.1) is 0 Å². The lowest BCUT2D eigenvalue weighted by molar-refractivity contribution is -0.104. The zero-order chi connectivity index (χ0) is 9.40. The summed E-state index contributed by atoms with van der Waals surface area (Å²) in [5.74, 6) is 0.939. The summed E-state index contributed by atoms with van der Waals surface area (Å²) in [5.41, 5.74) is 0. The second kappa shape index (κ2) is 7.04. The van der Waals surface area contributed by atoms with Crippen molar-refractivity contribution in [3.8, 4) is 0 Å². The van der Waals surface area contributed by atoms with Gasteiger partial charge in [0.15, 0.2) is 0 Å². The maximum Gasteiger partial charge on any atom is 0.142 e. The zero-order valence-corrected chi connectivity index (χ0v) is 8.12. The maximum absolute atomic E-state index is 9.06. The number of hydrogen-bond donors (Lipinski definition) is 0. The van der Waals surface area contributed by atoms with Gasteiger partial charge < -0.3 is 4.90 Å². The van der Waals surface area contributed by atoms with Crippen LogP contribution in [0.15, 0.2) is 12.7 Å². The minimum Gasteiger partial charge on any atom is -0.306 e. The first-order valence-corrected chi connectivity index (χ1v) is 4.45. The number of hydrogen-bond acceptors (Lipinski definition) is 2. The van der Waals surface area contributed by atoms with E-state index in [1.54, 1.807) is 0 Å². The van der Waals surface area contributed by atoms with Crippen LogP contribution in [0.2, 0.25) is 0 Å². The lowest BCUT2D eigenvalue weighted by atomic mass is 10.0. The number of aldehydes is 1. The van der Waals surface area contributed by atoms with Crippen molar-refractivity contribution in [3.05, 3.63) is 12.7 Å². The van der Waals surface area contributed by atoms with Crippen LogP contribution in [0.25, 0.3) is 0 Å².